The van der Waals surface area contributed by atoms with Crippen LogP contribution in [0.1, 0.15) is 11.1 Å². The van der Waals surface area contributed by atoms with E-state index in [4.69, 9.17) is 10.4 Å². The van der Waals surface area contributed by atoms with Crippen molar-refractivity contribution in [1.29, 1.82) is 5.26 Å². The summed E-state index contributed by atoms with van der Waals surface area (Å²) >= 11 is 0. The van der Waals surface area contributed by atoms with Gasteiger partial charge < -0.3 is 9.67 Å². The summed E-state index contributed by atoms with van der Waals surface area (Å²) in [5.41, 5.74) is 2.03. The molecule has 1 aromatic carbocycles. The monoisotopic (exact) mass is 199 g/mol. The van der Waals surface area contributed by atoms with Crippen molar-refractivity contribution in [2.45, 2.75) is 6.61 Å². The number of imidazole rings is 1. The van der Waals surface area contributed by atoms with E-state index in [9.17, 15) is 0 Å². The Bertz CT molecular complexity index is 497. The number of nitriles is 1. The van der Waals surface area contributed by atoms with Gasteiger partial charge in [0, 0.05) is 12.4 Å². The van der Waals surface area contributed by atoms with Gasteiger partial charge in [-0.3, -0.25) is 0 Å². The highest BCUT2D eigenvalue weighted by atomic mass is 16.3. The lowest BCUT2D eigenvalue weighted by Gasteiger charge is -2.05. The first-order valence-corrected chi connectivity index (χ1v) is 4.47. The van der Waals surface area contributed by atoms with Crippen molar-refractivity contribution >= 4 is 0 Å². The van der Waals surface area contributed by atoms with Crippen LogP contribution in [-0.2, 0) is 6.61 Å². The van der Waals surface area contributed by atoms with Gasteiger partial charge in [0.1, 0.15) is 6.07 Å². The molecular weight excluding hydrogens is 190 g/mol. The topological polar surface area (TPSA) is 61.8 Å². The molecule has 74 valence electrons. The number of aliphatic hydroxyl groups is 1. The Morgan fingerprint density at radius 2 is 2.33 bits per heavy atom. The summed E-state index contributed by atoms with van der Waals surface area (Å²) in [7, 11) is 0. The van der Waals surface area contributed by atoms with E-state index in [1.54, 1.807) is 41.5 Å². The van der Waals surface area contributed by atoms with Gasteiger partial charge in [0.2, 0.25) is 0 Å². The second-order valence-electron chi connectivity index (χ2n) is 3.09. The number of aromatic nitrogens is 2. The molecule has 0 aliphatic carbocycles. The number of benzene rings is 1. The van der Waals surface area contributed by atoms with E-state index in [0.717, 1.165) is 11.3 Å². The van der Waals surface area contributed by atoms with Gasteiger partial charge in [0.25, 0.3) is 0 Å². The van der Waals surface area contributed by atoms with Crippen LogP contribution in [0.25, 0.3) is 5.69 Å². The van der Waals surface area contributed by atoms with Crippen LogP contribution >= 0.6 is 0 Å². The maximum Gasteiger partial charge on any atom is 0.101 e. The van der Waals surface area contributed by atoms with Crippen molar-refractivity contribution in [3.05, 3.63) is 48.0 Å². The zero-order valence-electron chi connectivity index (χ0n) is 7.96. The molecule has 4 nitrogen and oxygen atoms in total. The first kappa shape index (κ1) is 9.44. The van der Waals surface area contributed by atoms with Gasteiger partial charge in [0.15, 0.2) is 0 Å². The molecule has 1 N–H and O–H groups in total. The summed E-state index contributed by atoms with van der Waals surface area (Å²) in [6.07, 6.45) is 5.06. The summed E-state index contributed by atoms with van der Waals surface area (Å²) in [6.45, 7) is -0.0567. The third kappa shape index (κ3) is 1.73. The molecule has 2 aromatic rings. The third-order valence-corrected chi connectivity index (χ3v) is 2.15. The minimum Gasteiger partial charge on any atom is -0.392 e. The molecule has 0 amide bonds. The molecule has 2 rings (SSSR count). The lowest BCUT2D eigenvalue weighted by atomic mass is 10.1. The highest BCUT2D eigenvalue weighted by molar-refractivity contribution is 5.50. The normalized spacial score (nSPS) is 9.87. The van der Waals surface area contributed by atoms with Crippen molar-refractivity contribution in [2.24, 2.45) is 0 Å². The fourth-order valence-corrected chi connectivity index (χ4v) is 1.40. The molecule has 0 fully saturated rings. The standard InChI is InChI=1S/C11H9N3O/c12-6-10-5-9(7-15)1-2-11(10)14-4-3-13-8-14/h1-5,8,15H,7H2. The predicted molar refractivity (Wildman–Crippen MR) is 54.2 cm³/mol. The zero-order chi connectivity index (χ0) is 10.7. The summed E-state index contributed by atoms with van der Waals surface area (Å²) < 4.78 is 1.76. The average molecular weight is 199 g/mol. The molecule has 0 atom stereocenters. The Kier molecular flexibility index (Phi) is 2.48. The van der Waals surface area contributed by atoms with Crippen molar-refractivity contribution in [2.75, 3.05) is 0 Å². The van der Waals surface area contributed by atoms with Crippen LogP contribution in [0, 0.1) is 11.3 Å². The molecule has 0 spiro atoms. The van der Waals surface area contributed by atoms with Crippen molar-refractivity contribution in [1.82, 2.24) is 9.55 Å². The van der Waals surface area contributed by atoms with Gasteiger partial charge in [0.05, 0.1) is 24.2 Å². The minimum atomic E-state index is -0.0567. The molecule has 1 heterocycles. The molecule has 0 saturated carbocycles. The second-order valence-corrected chi connectivity index (χ2v) is 3.09. The van der Waals surface area contributed by atoms with Crippen LogP contribution in [0.5, 0.6) is 0 Å². The number of rotatable bonds is 2. The predicted octanol–water partition coefficient (Wildman–Crippen LogP) is 1.24. The molecule has 4 heteroatoms. The highest BCUT2D eigenvalue weighted by Gasteiger charge is 2.04. The molecule has 15 heavy (non-hydrogen) atoms. The Balaban J connectivity index is 2.54. The maximum absolute atomic E-state index is 8.97. The molecule has 0 radical (unpaired) electrons. The number of hydrogen-bond acceptors (Lipinski definition) is 3. The lowest BCUT2D eigenvalue weighted by Crippen LogP contribution is -1.96. The lowest BCUT2D eigenvalue weighted by molar-refractivity contribution is 0.282. The van der Waals surface area contributed by atoms with Gasteiger partial charge in [-0.05, 0) is 17.7 Å². The Hall–Kier alpha value is -2.12. The van der Waals surface area contributed by atoms with E-state index in [-0.39, 0.29) is 6.61 Å². The van der Waals surface area contributed by atoms with Gasteiger partial charge in [-0.2, -0.15) is 5.26 Å². The van der Waals surface area contributed by atoms with Crippen LogP contribution in [0.4, 0.5) is 0 Å². The summed E-state index contributed by atoms with van der Waals surface area (Å²) in [6, 6.07) is 7.36. The van der Waals surface area contributed by atoms with E-state index in [1.807, 2.05) is 0 Å². The van der Waals surface area contributed by atoms with Gasteiger partial charge >= 0.3 is 0 Å². The summed E-state index contributed by atoms with van der Waals surface area (Å²) in [5.74, 6) is 0. The SMILES string of the molecule is N#Cc1cc(CO)ccc1-n1ccnc1. The Morgan fingerprint density at radius 3 is 2.93 bits per heavy atom. The second kappa shape index (κ2) is 3.95. The summed E-state index contributed by atoms with van der Waals surface area (Å²) in [5, 5.41) is 17.9. The van der Waals surface area contributed by atoms with Crippen LogP contribution in [-0.4, -0.2) is 14.7 Å². The van der Waals surface area contributed by atoms with Crippen molar-refractivity contribution < 1.29 is 5.11 Å². The van der Waals surface area contributed by atoms with Crippen LogP contribution in [0.15, 0.2) is 36.9 Å². The molecule has 0 unspecified atom stereocenters. The van der Waals surface area contributed by atoms with E-state index in [1.165, 1.54) is 0 Å². The quantitative estimate of drug-likeness (QED) is 0.791. The summed E-state index contributed by atoms with van der Waals surface area (Å²) in [4.78, 5) is 3.92. The van der Waals surface area contributed by atoms with Gasteiger partial charge in [-0.25, -0.2) is 4.98 Å². The van der Waals surface area contributed by atoms with E-state index in [0.29, 0.717) is 5.56 Å². The Morgan fingerprint density at radius 1 is 1.47 bits per heavy atom. The molecule has 1 aromatic heterocycles. The molecular formula is C11H9N3O. The van der Waals surface area contributed by atoms with Crippen molar-refractivity contribution in [3.8, 4) is 11.8 Å². The average Bonchev–Trinajstić information content (AvgIpc) is 2.81. The zero-order valence-corrected chi connectivity index (χ0v) is 7.96. The fourth-order valence-electron chi connectivity index (χ4n) is 1.40. The molecule has 0 bridgehead atoms. The van der Waals surface area contributed by atoms with Crippen LogP contribution < -0.4 is 0 Å². The fraction of sp³-hybridized carbons (Fsp3) is 0.0909. The van der Waals surface area contributed by atoms with Crippen LogP contribution in [0.2, 0.25) is 0 Å². The molecule has 0 aliphatic rings. The molecule has 0 aliphatic heterocycles. The minimum absolute atomic E-state index is 0.0567. The van der Waals surface area contributed by atoms with Gasteiger partial charge in [-0.15, -0.1) is 0 Å². The number of hydrogen-bond donors (Lipinski definition) is 1. The highest BCUT2D eigenvalue weighted by Crippen LogP contribution is 2.15. The smallest absolute Gasteiger partial charge is 0.101 e. The van der Waals surface area contributed by atoms with E-state index < -0.39 is 0 Å². The maximum atomic E-state index is 8.97. The molecule has 0 saturated heterocycles. The first-order chi connectivity index (χ1) is 7.35. The first-order valence-electron chi connectivity index (χ1n) is 4.47. The number of aliphatic hydroxyl groups excluding tert-OH is 1. The number of nitrogens with zero attached hydrogens (tertiary/aromatic N) is 3. The van der Waals surface area contributed by atoms with E-state index in [2.05, 4.69) is 11.1 Å². The van der Waals surface area contributed by atoms with Crippen LogP contribution in [0.3, 0.4) is 0 Å². The van der Waals surface area contributed by atoms with Crippen molar-refractivity contribution in [3.63, 3.8) is 0 Å². The largest absolute Gasteiger partial charge is 0.392 e. The van der Waals surface area contributed by atoms with E-state index >= 15 is 0 Å². The van der Waals surface area contributed by atoms with Gasteiger partial charge in [-0.1, -0.05) is 6.07 Å². The third-order valence-electron chi connectivity index (χ3n) is 2.15. The Labute approximate surface area is 87.0 Å².